The predicted octanol–water partition coefficient (Wildman–Crippen LogP) is 5.57. The van der Waals surface area contributed by atoms with Crippen LogP contribution in [0.25, 0.3) is 0 Å². The molecule has 140 valence electrons. The fourth-order valence-corrected chi connectivity index (χ4v) is 2.31. The molecular weight excluding hydrogens is 367 g/mol. The molecule has 27 heavy (non-hydrogen) atoms. The molecule has 0 radical (unpaired) electrons. The van der Waals surface area contributed by atoms with Crippen LogP contribution in [-0.4, -0.2) is 9.97 Å². The lowest BCUT2D eigenvalue weighted by atomic mass is 10.2. The lowest BCUT2D eigenvalue weighted by Crippen LogP contribution is -2.06. The molecule has 4 nitrogen and oxygen atoms in total. The minimum Gasteiger partial charge on any atom is -0.340 e. The standard InChI is InChI=1S/C18H13F5N4/c1-10-7-16(25-13-5-6-14(19)15(20)9-13)27-17(24-10)26-12-4-2-3-11(8-12)18(21,22)23/h2-9H,1H3,(H2,24,25,26,27). The molecule has 0 atom stereocenters. The van der Waals surface area contributed by atoms with Crippen LogP contribution in [0.3, 0.4) is 0 Å². The van der Waals surface area contributed by atoms with Crippen molar-refractivity contribution in [3.63, 3.8) is 0 Å². The highest BCUT2D eigenvalue weighted by Crippen LogP contribution is 2.31. The number of hydrogen-bond donors (Lipinski definition) is 2. The van der Waals surface area contributed by atoms with Crippen molar-refractivity contribution in [2.75, 3.05) is 10.6 Å². The first-order valence-corrected chi connectivity index (χ1v) is 7.73. The molecule has 0 aliphatic carbocycles. The maximum atomic E-state index is 13.3. The molecule has 0 spiro atoms. The molecular formula is C18H13F5N4. The van der Waals surface area contributed by atoms with Crippen LogP contribution in [0.15, 0.2) is 48.5 Å². The summed E-state index contributed by atoms with van der Waals surface area (Å²) in [5.41, 5.74) is 0.135. The Hall–Kier alpha value is -3.23. The Bertz CT molecular complexity index is 972. The summed E-state index contributed by atoms with van der Waals surface area (Å²) in [6.45, 7) is 1.66. The monoisotopic (exact) mass is 380 g/mol. The Morgan fingerprint density at radius 3 is 2.26 bits per heavy atom. The molecule has 0 aliphatic rings. The first kappa shape index (κ1) is 18.6. The molecule has 1 heterocycles. The van der Waals surface area contributed by atoms with Crippen molar-refractivity contribution in [3.8, 4) is 0 Å². The summed E-state index contributed by atoms with van der Waals surface area (Å²) in [6, 6.07) is 9.42. The summed E-state index contributed by atoms with van der Waals surface area (Å²) in [5, 5.41) is 5.50. The first-order valence-electron chi connectivity index (χ1n) is 7.73. The number of benzene rings is 2. The predicted molar refractivity (Wildman–Crippen MR) is 91.1 cm³/mol. The molecule has 0 unspecified atom stereocenters. The number of nitrogens with zero attached hydrogens (tertiary/aromatic N) is 2. The van der Waals surface area contributed by atoms with E-state index in [4.69, 9.17) is 0 Å². The second kappa shape index (κ2) is 7.18. The molecule has 2 N–H and O–H groups in total. The minimum atomic E-state index is -4.47. The van der Waals surface area contributed by atoms with Gasteiger partial charge in [-0.3, -0.25) is 0 Å². The van der Waals surface area contributed by atoms with Gasteiger partial charge in [-0.1, -0.05) is 6.07 Å². The van der Waals surface area contributed by atoms with Crippen LogP contribution >= 0.6 is 0 Å². The van der Waals surface area contributed by atoms with Gasteiger partial charge in [-0.25, -0.2) is 13.8 Å². The van der Waals surface area contributed by atoms with Gasteiger partial charge in [0.05, 0.1) is 5.56 Å². The van der Waals surface area contributed by atoms with Gasteiger partial charge in [0.2, 0.25) is 5.95 Å². The topological polar surface area (TPSA) is 49.8 Å². The van der Waals surface area contributed by atoms with Crippen molar-refractivity contribution in [2.45, 2.75) is 13.1 Å². The van der Waals surface area contributed by atoms with Crippen molar-refractivity contribution < 1.29 is 22.0 Å². The van der Waals surface area contributed by atoms with Crippen LogP contribution in [-0.2, 0) is 6.18 Å². The smallest absolute Gasteiger partial charge is 0.340 e. The maximum absolute atomic E-state index is 13.3. The van der Waals surface area contributed by atoms with E-state index in [1.165, 1.54) is 18.2 Å². The second-order valence-electron chi connectivity index (χ2n) is 5.68. The van der Waals surface area contributed by atoms with Gasteiger partial charge in [0.1, 0.15) is 5.82 Å². The van der Waals surface area contributed by atoms with Gasteiger partial charge < -0.3 is 10.6 Å². The number of halogens is 5. The summed E-state index contributed by atoms with van der Waals surface area (Å²) in [4.78, 5) is 8.25. The van der Waals surface area contributed by atoms with Crippen LogP contribution in [0.5, 0.6) is 0 Å². The lowest BCUT2D eigenvalue weighted by Gasteiger charge is -2.12. The number of rotatable bonds is 4. The zero-order valence-electron chi connectivity index (χ0n) is 13.9. The zero-order valence-corrected chi connectivity index (χ0v) is 13.9. The Balaban J connectivity index is 1.84. The van der Waals surface area contributed by atoms with Crippen LogP contribution in [0.1, 0.15) is 11.3 Å². The lowest BCUT2D eigenvalue weighted by molar-refractivity contribution is -0.137. The van der Waals surface area contributed by atoms with Gasteiger partial charge >= 0.3 is 6.18 Å². The van der Waals surface area contributed by atoms with Gasteiger partial charge in [-0.2, -0.15) is 18.2 Å². The van der Waals surface area contributed by atoms with E-state index in [1.807, 2.05) is 0 Å². The fourth-order valence-electron chi connectivity index (χ4n) is 2.31. The van der Waals surface area contributed by atoms with Gasteiger partial charge in [0.15, 0.2) is 11.6 Å². The number of anilines is 4. The zero-order chi connectivity index (χ0) is 19.6. The van der Waals surface area contributed by atoms with E-state index < -0.39 is 23.4 Å². The largest absolute Gasteiger partial charge is 0.416 e. The molecule has 0 saturated carbocycles. The summed E-state index contributed by atoms with van der Waals surface area (Å²) in [6.07, 6.45) is -4.47. The van der Waals surface area contributed by atoms with Crippen molar-refractivity contribution in [1.29, 1.82) is 0 Å². The molecule has 3 aromatic rings. The molecule has 0 fully saturated rings. The number of alkyl halides is 3. The van der Waals surface area contributed by atoms with Crippen LogP contribution in [0.4, 0.5) is 45.1 Å². The van der Waals surface area contributed by atoms with Crippen molar-refractivity contribution in [1.82, 2.24) is 9.97 Å². The molecule has 0 saturated heterocycles. The number of aryl methyl sites for hydroxylation is 1. The van der Waals surface area contributed by atoms with Crippen molar-refractivity contribution in [2.24, 2.45) is 0 Å². The Kier molecular flexibility index (Phi) is 4.93. The highest BCUT2D eigenvalue weighted by Gasteiger charge is 2.30. The minimum absolute atomic E-state index is 0.0550. The number of hydrogen-bond acceptors (Lipinski definition) is 4. The van der Waals surface area contributed by atoms with Crippen LogP contribution in [0.2, 0.25) is 0 Å². The third-order valence-electron chi connectivity index (χ3n) is 3.49. The summed E-state index contributed by atoms with van der Waals surface area (Å²) in [5.74, 6) is -1.68. The summed E-state index contributed by atoms with van der Waals surface area (Å²) >= 11 is 0. The Morgan fingerprint density at radius 2 is 1.56 bits per heavy atom. The third kappa shape index (κ3) is 4.69. The highest BCUT2D eigenvalue weighted by atomic mass is 19.4. The third-order valence-corrected chi connectivity index (χ3v) is 3.49. The Labute approximate surface area is 151 Å². The van der Waals surface area contributed by atoms with E-state index in [2.05, 4.69) is 20.6 Å². The number of nitrogens with one attached hydrogen (secondary N) is 2. The molecule has 0 amide bonds. The van der Waals surface area contributed by atoms with Crippen molar-refractivity contribution in [3.05, 3.63) is 71.4 Å². The maximum Gasteiger partial charge on any atom is 0.416 e. The fraction of sp³-hybridized carbons (Fsp3) is 0.111. The second-order valence-corrected chi connectivity index (χ2v) is 5.68. The normalized spacial score (nSPS) is 11.3. The molecule has 0 bridgehead atoms. The molecule has 0 aliphatic heterocycles. The highest BCUT2D eigenvalue weighted by molar-refractivity contribution is 5.60. The van der Waals surface area contributed by atoms with Gasteiger partial charge in [0.25, 0.3) is 0 Å². The van der Waals surface area contributed by atoms with E-state index in [-0.39, 0.29) is 23.1 Å². The average Bonchev–Trinajstić information content (AvgIpc) is 2.57. The molecule has 1 aromatic heterocycles. The SMILES string of the molecule is Cc1cc(Nc2ccc(F)c(F)c2)nc(Nc2cccc(C(F)(F)F)c2)n1. The van der Waals surface area contributed by atoms with E-state index in [9.17, 15) is 22.0 Å². The Morgan fingerprint density at radius 1 is 0.815 bits per heavy atom. The van der Waals surface area contributed by atoms with Gasteiger partial charge in [0, 0.05) is 29.2 Å². The summed E-state index contributed by atoms with van der Waals surface area (Å²) in [7, 11) is 0. The average molecular weight is 380 g/mol. The van der Waals surface area contributed by atoms with Crippen LogP contribution in [0, 0.1) is 18.6 Å². The first-order chi connectivity index (χ1) is 12.7. The van der Waals surface area contributed by atoms with Gasteiger partial charge in [-0.05, 0) is 37.3 Å². The molecule has 3 rings (SSSR count). The van der Waals surface area contributed by atoms with E-state index >= 15 is 0 Å². The molecule has 9 heteroatoms. The molecule has 2 aromatic carbocycles. The van der Waals surface area contributed by atoms with E-state index in [1.54, 1.807) is 13.0 Å². The summed E-state index contributed by atoms with van der Waals surface area (Å²) < 4.78 is 64.8. The van der Waals surface area contributed by atoms with E-state index in [0.29, 0.717) is 5.69 Å². The van der Waals surface area contributed by atoms with Gasteiger partial charge in [-0.15, -0.1) is 0 Å². The quantitative estimate of drug-likeness (QED) is 0.581. The van der Waals surface area contributed by atoms with E-state index in [0.717, 1.165) is 24.3 Å². The van der Waals surface area contributed by atoms with Crippen LogP contribution < -0.4 is 10.6 Å². The van der Waals surface area contributed by atoms with Crippen molar-refractivity contribution >= 4 is 23.1 Å². The number of aromatic nitrogens is 2.